The van der Waals surface area contributed by atoms with Crippen molar-refractivity contribution in [3.05, 3.63) is 59.7 Å². The van der Waals surface area contributed by atoms with Gasteiger partial charge in [0.15, 0.2) is 4.34 Å². The minimum Gasteiger partial charge on any atom is -0.325 e. The molecule has 0 spiro atoms. The number of carbonyl (C=O) groups excluding carboxylic acids is 2. The molecule has 3 aromatic rings. The third kappa shape index (κ3) is 7.28. The number of rotatable bonds is 10. The first-order chi connectivity index (χ1) is 17.5. The van der Waals surface area contributed by atoms with E-state index in [-0.39, 0.29) is 27.0 Å². The Kier molecular flexibility index (Phi) is 9.28. The molecule has 0 unspecified atom stereocenters. The van der Waals surface area contributed by atoms with Gasteiger partial charge in [-0.1, -0.05) is 49.1 Å². The maximum Gasteiger partial charge on any atom is 0.418 e. The van der Waals surface area contributed by atoms with E-state index in [2.05, 4.69) is 20.8 Å². The topological polar surface area (TPSA) is 121 Å². The van der Waals surface area contributed by atoms with Crippen molar-refractivity contribution >= 4 is 55.8 Å². The van der Waals surface area contributed by atoms with E-state index in [4.69, 9.17) is 0 Å². The zero-order valence-corrected chi connectivity index (χ0v) is 22.0. The van der Waals surface area contributed by atoms with E-state index in [1.54, 1.807) is 13.8 Å². The number of nitrogens with one attached hydrogen (secondary N) is 2. The Hall–Kier alpha value is -3.01. The lowest BCUT2D eigenvalue weighted by Crippen LogP contribution is -2.30. The molecule has 3 rings (SSSR count). The molecular weight excluding hydrogens is 551 g/mol. The second-order valence-electron chi connectivity index (χ2n) is 7.32. The van der Waals surface area contributed by atoms with E-state index in [0.717, 1.165) is 35.2 Å². The predicted molar refractivity (Wildman–Crippen MR) is 135 cm³/mol. The lowest BCUT2D eigenvalue weighted by Gasteiger charge is -2.18. The largest absolute Gasteiger partial charge is 0.418 e. The van der Waals surface area contributed by atoms with Gasteiger partial charge in [0.25, 0.3) is 5.91 Å². The van der Waals surface area contributed by atoms with E-state index in [0.29, 0.717) is 17.4 Å². The van der Waals surface area contributed by atoms with Gasteiger partial charge in [0.05, 0.1) is 21.9 Å². The quantitative estimate of drug-likeness (QED) is 0.269. The molecule has 0 bridgehead atoms. The summed E-state index contributed by atoms with van der Waals surface area (Å²) in [7, 11) is -3.65. The van der Waals surface area contributed by atoms with Gasteiger partial charge in [-0.3, -0.25) is 14.9 Å². The zero-order chi connectivity index (χ0) is 27.2. The van der Waals surface area contributed by atoms with Gasteiger partial charge in [-0.2, -0.15) is 17.5 Å². The van der Waals surface area contributed by atoms with Gasteiger partial charge in [0.1, 0.15) is 0 Å². The lowest BCUT2D eigenvalue weighted by molar-refractivity contribution is -0.137. The number of halogens is 3. The fourth-order valence-corrected chi connectivity index (χ4v) is 6.14. The summed E-state index contributed by atoms with van der Waals surface area (Å²) in [6.45, 7) is 4.11. The van der Waals surface area contributed by atoms with Crippen LogP contribution in [0.25, 0.3) is 0 Å². The van der Waals surface area contributed by atoms with Crippen LogP contribution in [-0.4, -0.2) is 53.6 Å². The Labute approximate surface area is 219 Å². The Morgan fingerprint density at radius 2 is 1.65 bits per heavy atom. The molecule has 198 valence electrons. The Balaban J connectivity index is 1.57. The smallest absolute Gasteiger partial charge is 0.325 e. The van der Waals surface area contributed by atoms with E-state index >= 15 is 0 Å². The molecule has 0 atom stereocenters. The summed E-state index contributed by atoms with van der Waals surface area (Å²) in [5.74, 6) is -1.43. The van der Waals surface area contributed by atoms with Crippen molar-refractivity contribution in [1.29, 1.82) is 0 Å². The van der Waals surface area contributed by atoms with Gasteiger partial charge in [0.2, 0.25) is 21.1 Å². The average molecular weight is 574 g/mol. The van der Waals surface area contributed by atoms with Crippen LogP contribution < -0.4 is 10.6 Å². The fraction of sp³-hybridized carbons (Fsp3) is 0.273. The Morgan fingerprint density at radius 1 is 1.00 bits per heavy atom. The summed E-state index contributed by atoms with van der Waals surface area (Å²) in [5, 5.41) is 12.6. The van der Waals surface area contributed by atoms with Crippen molar-refractivity contribution in [2.24, 2.45) is 0 Å². The van der Waals surface area contributed by atoms with E-state index in [9.17, 15) is 31.2 Å². The number of nitrogens with zero attached hydrogens (tertiary/aromatic N) is 3. The summed E-state index contributed by atoms with van der Waals surface area (Å²) in [6, 6.07) is 10.1. The number of amides is 2. The number of thioether (sulfide) groups is 1. The number of benzene rings is 2. The normalized spacial score (nSPS) is 11.9. The van der Waals surface area contributed by atoms with Gasteiger partial charge in [-0.05, 0) is 36.4 Å². The molecular formula is C22H22F3N5O4S3. The van der Waals surface area contributed by atoms with Crippen LogP contribution in [0.5, 0.6) is 0 Å². The molecule has 0 aliphatic carbocycles. The third-order valence-electron chi connectivity index (χ3n) is 4.92. The monoisotopic (exact) mass is 573 g/mol. The molecule has 0 saturated carbocycles. The number of alkyl halides is 3. The van der Waals surface area contributed by atoms with Gasteiger partial charge < -0.3 is 5.32 Å². The number of anilines is 2. The second kappa shape index (κ2) is 12.0. The summed E-state index contributed by atoms with van der Waals surface area (Å²) in [5.41, 5.74) is -1.10. The maximum atomic E-state index is 13.1. The van der Waals surface area contributed by atoms with Crippen molar-refractivity contribution in [2.75, 3.05) is 29.5 Å². The SMILES string of the molecule is CCN(CC)S(=O)(=O)c1ccc(C(=O)Nc2nnc(SCC(=O)Nc3ccccc3C(F)(F)F)s2)cc1. The molecule has 1 aromatic heterocycles. The van der Waals surface area contributed by atoms with Crippen LogP contribution in [0, 0.1) is 0 Å². The number of para-hydroxylation sites is 1. The van der Waals surface area contributed by atoms with Crippen LogP contribution in [-0.2, 0) is 21.0 Å². The number of sulfonamides is 1. The summed E-state index contributed by atoms with van der Waals surface area (Å²) < 4.78 is 66.0. The van der Waals surface area contributed by atoms with Crippen LogP contribution in [0.15, 0.2) is 57.8 Å². The Morgan fingerprint density at radius 3 is 2.27 bits per heavy atom. The molecule has 2 amide bonds. The van der Waals surface area contributed by atoms with Crippen LogP contribution in [0.4, 0.5) is 24.0 Å². The van der Waals surface area contributed by atoms with Crippen LogP contribution >= 0.6 is 23.1 Å². The number of carbonyl (C=O) groups is 2. The molecule has 0 aliphatic heterocycles. The first-order valence-electron chi connectivity index (χ1n) is 10.8. The molecule has 2 aromatic carbocycles. The van der Waals surface area contributed by atoms with Crippen molar-refractivity contribution in [1.82, 2.24) is 14.5 Å². The third-order valence-corrected chi connectivity index (χ3v) is 8.96. The first kappa shape index (κ1) is 28.6. The van der Waals surface area contributed by atoms with Crippen molar-refractivity contribution in [2.45, 2.75) is 29.3 Å². The molecule has 37 heavy (non-hydrogen) atoms. The van der Waals surface area contributed by atoms with Crippen LogP contribution in [0.1, 0.15) is 29.8 Å². The molecule has 0 radical (unpaired) electrons. The highest BCUT2D eigenvalue weighted by Gasteiger charge is 2.33. The summed E-state index contributed by atoms with van der Waals surface area (Å²) in [4.78, 5) is 24.7. The van der Waals surface area contributed by atoms with Gasteiger partial charge >= 0.3 is 6.18 Å². The minimum absolute atomic E-state index is 0.0680. The molecule has 2 N–H and O–H groups in total. The van der Waals surface area contributed by atoms with E-state index in [1.807, 2.05) is 0 Å². The molecule has 15 heteroatoms. The second-order valence-corrected chi connectivity index (χ2v) is 11.5. The van der Waals surface area contributed by atoms with Crippen molar-refractivity contribution in [3.63, 3.8) is 0 Å². The number of hydrogen-bond donors (Lipinski definition) is 2. The Bertz CT molecular complexity index is 1360. The lowest BCUT2D eigenvalue weighted by atomic mass is 10.1. The highest BCUT2D eigenvalue weighted by Crippen LogP contribution is 2.35. The molecule has 0 aliphatic rings. The summed E-state index contributed by atoms with van der Waals surface area (Å²) >= 11 is 1.92. The number of hydrogen-bond acceptors (Lipinski definition) is 8. The average Bonchev–Trinajstić information content (AvgIpc) is 3.30. The maximum absolute atomic E-state index is 13.1. The van der Waals surface area contributed by atoms with Crippen molar-refractivity contribution < 1.29 is 31.2 Å². The standard InChI is InChI=1S/C22H22F3N5O4S3/c1-3-30(4-2)37(33,34)15-11-9-14(10-12-15)19(32)27-20-28-29-21(36-20)35-13-18(31)26-17-8-6-5-7-16(17)22(23,24)25/h5-12H,3-4,13H2,1-2H3,(H,26,31)(H,27,28,32). The zero-order valence-electron chi connectivity index (χ0n) is 19.6. The summed E-state index contributed by atoms with van der Waals surface area (Å²) in [6.07, 6.45) is -4.61. The fourth-order valence-electron chi connectivity index (χ4n) is 3.13. The highest BCUT2D eigenvalue weighted by atomic mass is 32.2. The van der Waals surface area contributed by atoms with Crippen molar-refractivity contribution in [3.8, 4) is 0 Å². The molecule has 1 heterocycles. The molecule has 9 nitrogen and oxygen atoms in total. The molecule has 0 fully saturated rings. The van der Waals surface area contributed by atoms with E-state index < -0.39 is 33.6 Å². The number of aromatic nitrogens is 2. The van der Waals surface area contributed by atoms with E-state index in [1.165, 1.54) is 40.7 Å². The highest BCUT2D eigenvalue weighted by molar-refractivity contribution is 8.01. The predicted octanol–water partition coefficient (Wildman–Crippen LogP) is 4.57. The first-order valence-corrected chi connectivity index (χ1v) is 14.0. The van der Waals surface area contributed by atoms with Crippen LogP contribution in [0.3, 0.4) is 0 Å². The van der Waals surface area contributed by atoms with Gasteiger partial charge in [-0.25, -0.2) is 8.42 Å². The minimum atomic E-state index is -4.61. The van der Waals surface area contributed by atoms with Gasteiger partial charge in [-0.15, -0.1) is 10.2 Å². The van der Waals surface area contributed by atoms with Gasteiger partial charge in [0, 0.05) is 18.7 Å². The van der Waals surface area contributed by atoms with Crippen LogP contribution in [0.2, 0.25) is 0 Å². The molecule has 0 saturated heterocycles.